The maximum Gasteiger partial charge on any atom is 0.388 e. The first-order valence-electron chi connectivity index (χ1n) is 3.59. The molecule has 0 saturated carbocycles. The highest BCUT2D eigenvalue weighted by Gasteiger charge is 2.38. The summed E-state index contributed by atoms with van der Waals surface area (Å²) >= 11 is 1.09. The van der Waals surface area contributed by atoms with Crippen LogP contribution < -0.4 is 0 Å². The van der Waals surface area contributed by atoms with Gasteiger partial charge in [-0.3, -0.25) is 9.05 Å². The molecule has 12 heavy (non-hydrogen) atoms. The van der Waals surface area contributed by atoms with Gasteiger partial charge < -0.3 is 5.11 Å². The zero-order chi connectivity index (χ0) is 9.24. The van der Waals surface area contributed by atoms with Gasteiger partial charge in [-0.25, -0.2) is 4.57 Å². The summed E-state index contributed by atoms with van der Waals surface area (Å²) in [5.74, 6) is 0. The highest BCUT2D eigenvalue weighted by molar-refractivity contribution is 8.54. The monoisotopic (exact) mass is 212 g/mol. The summed E-state index contributed by atoms with van der Waals surface area (Å²) in [4.78, 5) is 0. The van der Waals surface area contributed by atoms with Gasteiger partial charge in [-0.1, -0.05) is 6.92 Å². The fourth-order valence-corrected chi connectivity index (χ4v) is 2.92. The van der Waals surface area contributed by atoms with Crippen LogP contribution in [0.5, 0.6) is 0 Å². The van der Waals surface area contributed by atoms with Crippen molar-refractivity contribution in [2.75, 3.05) is 26.1 Å². The molecule has 0 atom stereocenters. The Hall–Kier alpha value is 0.460. The maximum absolute atomic E-state index is 11.4. The van der Waals surface area contributed by atoms with E-state index >= 15 is 0 Å². The summed E-state index contributed by atoms with van der Waals surface area (Å²) in [7, 11) is 0. The van der Waals surface area contributed by atoms with Crippen LogP contribution in [0, 0.1) is 5.41 Å². The van der Waals surface area contributed by atoms with Crippen LogP contribution in [0.3, 0.4) is 0 Å². The lowest BCUT2D eigenvalue weighted by Crippen LogP contribution is -2.35. The summed E-state index contributed by atoms with van der Waals surface area (Å²) in [6.45, 7) is -0.478. The van der Waals surface area contributed by atoms with Gasteiger partial charge in [0.05, 0.1) is 19.8 Å². The summed E-state index contributed by atoms with van der Waals surface area (Å²) < 4.78 is 21.6. The molecule has 1 aliphatic heterocycles. The van der Waals surface area contributed by atoms with Gasteiger partial charge in [0, 0.05) is 5.41 Å². The van der Waals surface area contributed by atoms with Crippen LogP contribution in [0.4, 0.5) is 0 Å². The van der Waals surface area contributed by atoms with E-state index < -0.39 is 12.2 Å². The Kier molecular flexibility index (Phi) is 3.23. The first-order chi connectivity index (χ1) is 5.54. The lowest BCUT2D eigenvalue weighted by atomic mass is 9.95. The molecule has 0 radical (unpaired) electrons. The third kappa shape index (κ3) is 2.24. The standard InChI is InChI=1S/C6H13O4PS/c1-6(3-7)4-9-11(8,12-2)10-5-6/h7H,3-5H2,1-2H3. The molecule has 0 amide bonds. The molecule has 0 spiro atoms. The van der Waals surface area contributed by atoms with Crippen LogP contribution in [-0.4, -0.2) is 31.2 Å². The van der Waals surface area contributed by atoms with Crippen molar-refractivity contribution in [2.24, 2.45) is 5.41 Å². The van der Waals surface area contributed by atoms with Crippen LogP contribution in [0.25, 0.3) is 0 Å². The zero-order valence-corrected chi connectivity index (χ0v) is 8.86. The molecule has 0 aromatic heterocycles. The average Bonchev–Trinajstić information content (AvgIpc) is 2.11. The Morgan fingerprint density at radius 1 is 1.58 bits per heavy atom. The van der Waals surface area contributed by atoms with Gasteiger partial charge in [-0.05, 0) is 17.6 Å². The highest BCUT2D eigenvalue weighted by Crippen LogP contribution is 2.62. The number of aliphatic hydroxyl groups is 1. The second kappa shape index (κ2) is 3.68. The lowest BCUT2D eigenvalue weighted by Gasteiger charge is -2.34. The van der Waals surface area contributed by atoms with E-state index in [9.17, 15) is 4.57 Å². The van der Waals surface area contributed by atoms with E-state index in [1.54, 1.807) is 6.26 Å². The Labute approximate surface area is 75.9 Å². The number of aliphatic hydroxyl groups excluding tert-OH is 1. The Morgan fingerprint density at radius 2 is 2.08 bits per heavy atom. The third-order valence-corrected chi connectivity index (χ3v) is 5.06. The van der Waals surface area contributed by atoms with Crippen LogP contribution in [0.1, 0.15) is 6.92 Å². The van der Waals surface area contributed by atoms with Gasteiger partial charge in [-0.2, -0.15) is 0 Å². The fraction of sp³-hybridized carbons (Fsp3) is 1.00. The summed E-state index contributed by atoms with van der Waals surface area (Å²) in [6, 6.07) is 0. The topological polar surface area (TPSA) is 55.8 Å². The Balaban J connectivity index is 2.55. The molecule has 0 aromatic carbocycles. The molecular weight excluding hydrogens is 199 g/mol. The second-order valence-corrected chi connectivity index (χ2v) is 7.36. The molecule has 0 unspecified atom stereocenters. The smallest absolute Gasteiger partial charge is 0.388 e. The molecule has 1 N–H and O–H groups in total. The predicted molar refractivity (Wildman–Crippen MR) is 48.2 cm³/mol. The SMILES string of the molecule is CSP1(=O)OCC(C)(CO)CO1. The van der Waals surface area contributed by atoms with Gasteiger partial charge >= 0.3 is 6.80 Å². The molecule has 0 aliphatic carbocycles. The quantitative estimate of drug-likeness (QED) is 0.703. The minimum Gasteiger partial charge on any atom is -0.396 e. The minimum atomic E-state index is -2.88. The first-order valence-corrected chi connectivity index (χ1v) is 6.97. The van der Waals surface area contributed by atoms with Crippen LogP contribution in [0.15, 0.2) is 0 Å². The first kappa shape index (κ1) is 10.5. The van der Waals surface area contributed by atoms with E-state index in [-0.39, 0.29) is 6.61 Å². The molecule has 1 saturated heterocycles. The molecule has 1 heterocycles. The van der Waals surface area contributed by atoms with E-state index in [1.165, 1.54) is 0 Å². The van der Waals surface area contributed by atoms with Crippen molar-refractivity contribution in [1.29, 1.82) is 0 Å². The zero-order valence-electron chi connectivity index (χ0n) is 7.15. The van der Waals surface area contributed by atoms with Crippen molar-refractivity contribution in [3.05, 3.63) is 0 Å². The van der Waals surface area contributed by atoms with Crippen molar-refractivity contribution < 1.29 is 18.7 Å². The van der Waals surface area contributed by atoms with E-state index in [0.717, 1.165) is 11.4 Å². The number of rotatable bonds is 2. The van der Waals surface area contributed by atoms with E-state index in [1.807, 2.05) is 6.92 Å². The Morgan fingerprint density at radius 3 is 2.42 bits per heavy atom. The molecule has 4 nitrogen and oxygen atoms in total. The molecule has 0 bridgehead atoms. The van der Waals surface area contributed by atoms with E-state index in [4.69, 9.17) is 14.2 Å². The average molecular weight is 212 g/mol. The van der Waals surface area contributed by atoms with Crippen molar-refractivity contribution in [2.45, 2.75) is 6.92 Å². The van der Waals surface area contributed by atoms with Gasteiger partial charge in [0.15, 0.2) is 0 Å². The summed E-state index contributed by atoms with van der Waals surface area (Å²) in [6.07, 6.45) is 1.68. The van der Waals surface area contributed by atoms with Gasteiger partial charge in [0.2, 0.25) is 0 Å². The largest absolute Gasteiger partial charge is 0.396 e. The van der Waals surface area contributed by atoms with Crippen molar-refractivity contribution in [3.8, 4) is 0 Å². The van der Waals surface area contributed by atoms with E-state index in [0.29, 0.717) is 13.2 Å². The second-order valence-electron chi connectivity index (χ2n) is 3.15. The predicted octanol–water partition coefficient (Wildman–Crippen LogP) is 1.50. The normalized spacial score (nSPS) is 42.9. The number of hydrogen-bond donors (Lipinski definition) is 1. The lowest BCUT2D eigenvalue weighted by molar-refractivity contribution is -0.00212. The Bertz CT molecular complexity index is 196. The van der Waals surface area contributed by atoms with Gasteiger partial charge in [-0.15, -0.1) is 0 Å². The van der Waals surface area contributed by atoms with Gasteiger partial charge in [0.1, 0.15) is 0 Å². The van der Waals surface area contributed by atoms with Crippen LogP contribution in [0.2, 0.25) is 0 Å². The molecule has 0 aromatic rings. The molecule has 1 aliphatic rings. The van der Waals surface area contributed by atoms with Crippen molar-refractivity contribution in [1.82, 2.24) is 0 Å². The maximum atomic E-state index is 11.4. The molecule has 1 rings (SSSR count). The van der Waals surface area contributed by atoms with Gasteiger partial charge in [0.25, 0.3) is 0 Å². The van der Waals surface area contributed by atoms with Crippen molar-refractivity contribution in [3.63, 3.8) is 0 Å². The molecular formula is C6H13O4PS. The highest BCUT2D eigenvalue weighted by atomic mass is 32.7. The van der Waals surface area contributed by atoms with Crippen LogP contribution in [-0.2, 0) is 13.6 Å². The minimum absolute atomic E-state index is 0.0125. The molecule has 1 fully saturated rings. The summed E-state index contributed by atoms with van der Waals surface area (Å²) in [5, 5.41) is 8.94. The van der Waals surface area contributed by atoms with Crippen LogP contribution >= 0.6 is 18.2 Å². The number of hydrogen-bond acceptors (Lipinski definition) is 5. The molecule has 6 heteroatoms. The van der Waals surface area contributed by atoms with Crippen molar-refractivity contribution >= 4 is 18.2 Å². The third-order valence-electron chi connectivity index (χ3n) is 1.75. The fourth-order valence-electron chi connectivity index (χ4n) is 0.745. The molecule has 72 valence electrons. The summed E-state index contributed by atoms with van der Waals surface area (Å²) in [5.41, 5.74) is -0.399. The van der Waals surface area contributed by atoms with E-state index in [2.05, 4.69) is 0 Å².